The van der Waals surface area contributed by atoms with Gasteiger partial charge >= 0.3 is 0 Å². The van der Waals surface area contributed by atoms with Crippen molar-refractivity contribution in [1.29, 1.82) is 0 Å². The second-order valence-electron chi connectivity index (χ2n) is 7.66. The number of benzene rings is 2. The Labute approximate surface area is 189 Å². The summed E-state index contributed by atoms with van der Waals surface area (Å²) < 4.78 is 33.1. The molecule has 8 heteroatoms. The van der Waals surface area contributed by atoms with Crippen molar-refractivity contribution in [3.63, 3.8) is 0 Å². The first-order valence-electron chi connectivity index (χ1n) is 10.7. The predicted octanol–water partition coefficient (Wildman–Crippen LogP) is 4.79. The summed E-state index contributed by atoms with van der Waals surface area (Å²) in [5.41, 5.74) is 1.05. The molecule has 1 amide bonds. The molecule has 1 N–H and O–H groups in total. The van der Waals surface area contributed by atoms with Gasteiger partial charge in [-0.25, -0.2) is 8.42 Å². The molecular formula is C23H29ClN2O4S. The first-order chi connectivity index (χ1) is 14.8. The van der Waals surface area contributed by atoms with Gasteiger partial charge in [-0.3, -0.25) is 4.79 Å². The minimum absolute atomic E-state index is 0.0951. The molecule has 3 rings (SSSR count). The first-order valence-corrected chi connectivity index (χ1v) is 12.5. The van der Waals surface area contributed by atoms with Gasteiger partial charge in [0.1, 0.15) is 5.75 Å². The van der Waals surface area contributed by atoms with Crippen LogP contribution in [0.3, 0.4) is 0 Å². The van der Waals surface area contributed by atoms with Gasteiger partial charge in [0.2, 0.25) is 10.0 Å². The van der Waals surface area contributed by atoms with Crippen molar-refractivity contribution in [2.45, 2.75) is 50.5 Å². The third-order valence-electron chi connectivity index (χ3n) is 5.42. The third kappa shape index (κ3) is 5.79. The van der Waals surface area contributed by atoms with Crippen molar-refractivity contribution in [3.8, 4) is 5.75 Å². The molecule has 0 saturated carbocycles. The van der Waals surface area contributed by atoms with Crippen LogP contribution < -0.4 is 10.1 Å². The fourth-order valence-electron chi connectivity index (χ4n) is 3.65. The van der Waals surface area contributed by atoms with Crippen LogP contribution in [0.2, 0.25) is 5.02 Å². The molecule has 1 fully saturated rings. The molecule has 2 aromatic carbocycles. The van der Waals surface area contributed by atoms with E-state index in [2.05, 4.69) is 5.32 Å². The van der Waals surface area contributed by atoms with Crippen molar-refractivity contribution < 1.29 is 17.9 Å². The summed E-state index contributed by atoms with van der Waals surface area (Å²) in [5, 5.41) is 3.11. The zero-order chi connectivity index (χ0) is 22.4. The number of nitrogens with zero attached hydrogens (tertiary/aromatic N) is 1. The lowest BCUT2D eigenvalue weighted by Gasteiger charge is -2.21. The highest BCUT2D eigenvalue weighted by Crippen LogP contribution is 2.26. The zero-order valence-electron chi connectivity index (χ0n) is 17.9. The predicted molar refractivity (Wildman–Crippen MR) is 122 cm³/mol. The van der Waals surface area contributed by atoms with Crippen LogP contribution in [0.25, 0.3) is 0 Å². The van der Waals surface area contributed by atoms with Gasteiger partial charge in [0.25, 0.3) is 5.91 Å². The number of rotatable bonds is 7. The number of carbonyl (C=O) groups excluding carboxylic acids is 1. The Balaban J connectivity index is 1.78. The van der Waals surface area contributed by atoms with Crippen molar-refractivity contribution in [1.82, 2.24) is 9.62 Å². The number of nitrogens with one attached hydrogen (secondary N) is 1. The van der Waals surface area contributed by atoms with Gasteiger partial charge in [-0.2, -0.15) is 4.31 Å². The van der Waals surface area contributed by atoms with Crippen molar-refractivity contribution in [2.75, 3.05) is 19.7 Å². The number of amides is 1. The van der Waals surface area contributed by atoms with Gasteiger partial charge < -0.3 is 10.1 Å². The van der Waals surface area contributed by atoms with E-state index in [-0.39, 0.29) is 21.5 Å². The first kappa shape index (κ1) is 23.6. The van der Waals surface area contributed by atoms with Crippen LogP contribution in [0.15, 0.2) is 47.4 Å². The van der Waals surface area contributed by atoms with Gasteiger partial charge in [0, 0.05) is 13.1 Å². The number of halogens is 1. The fraction of sp³-hybridized carbons (Fsp3) is 0.435. The quantitative estimate of drug-likeness (QED) is 0.638. The van der Waals surface area contributed by atoms with Gasteiger partial charge in [0.15, 0.2) is 0 Å². The van der Waals surface area contributed by atoms with E-state index in [0.717, 1.165) is 37.0 Å². The summed E-state index contributed by atoms with van der Waals surface area (Å²) in [6, 6.07) is 11.5. The summed E-state index contributed by atoms with van der Waals surface area (Å²) in [6.07, 6.45) is 3.76. The normalized spacial score (nSPS) is 16.4. The highest BCUT2D eigenvalue weighted by molar-refractivity contribution is 7.89. The molecule has 168 valence electrons. The molecule has 6 nitrogen and oxygen atoms in total. The van der Waals surface area contributed by atoms with E-state index in [4.69, 9.17) is 16.3 Å². The summed E-state index contributed by atoms with van der Waals surface area (Å²) in [7, 11) is -3.67. The Kier molecular flexibility index (Phi) is 7.97. The molecule has 0 spiro atoms. The molecule has 1 atom stereocenters. The molecule has 0 radical (unpaired) electrons. The van der Waals surface area contributed by atoms with Gasteiger partial charge in [-0.05, 0) is 62.6 Å². The highest BCUT2D eigenvalue weighted by Gasteiger charge is 2.27. The molecule has 0 unspecified atom stereocenters. The molecule has 31 heavy (non-hydrogen) atoms. The van der Waals surface area contributed by atoms with Crippen LogP contribution in [-0.4, -0.2) is 38.3 Å². The van der Waals surface area contributed by atoms with E-state index in [1.165, 1.54) is 22.5 Å². The average molecular weight is 465 g/mol. The van der Waals surface area contributed by atoms with Crippen molar-refractivity contribution in [3.05, 3.63) is 58.6 Å². The minimum atomic E-state index is -3.67. The Morgan fingerprint density at radius 2 is 1.74 bits per heavy atom. The molecule has 0 aromatic heterocycles. The number of carbonyl (C=O) groups is 1. The average Bonchev–Trinajstić information content (AvgIpc) is 3.05. The summed E-state index contributed by atoms with van der Waals surface area (Å²) in [5.74, 6) is 0.346. The summed E-state index contributed by atoms with van der Waals surface area (Å²) >= 11 is 6.25. The second kappa shape index (κ2) is 10.5. The van der Waals surface area contributed by atoms with Crippen LogP contribution >= 0.6 is 11.6 Å². The third-order valence-corrected chi connectivity index (χ3v) is 7.65. The molecule has 1 aliphatic heterocycles. The van der Waals surface area contributed by atoms with E-state index in [0.29, 0.717) is 19.7 Å². The Bertz CT molecular complexity index is 1000. The molecule has 1 saturated heterocycles. The van der Waals surface area contributed by atoms with Crippen LogP contribution in [0.4, 0.5) is 0 Å². The van der Waals surface area contributed by atoms with Gasteiger partial charge in [0.05, 0.1) is 28.1 Å². The maximum absolute atomic E-state index is 13.1. The Hall–Kier alpha value is -2.09. The molecule has 0 aliphatic carbocycles. The smallest absolute Gasteiger partial charge is 0.253 e. The Morgan fingerprint density at radius 1 is 1.10 bits per heavy atom. The lowest BCUT2D eigenvalue weighted by atomic mass is 10.1. The standard InChI is InChI=1S/C23H29ClN2O4S/c1-3-30-19-10-8-18(9-11-19)17(2)25-23(27)21-16-20(12-13-22(21)24)31(28,29)26-14-6-4-5-7-15-26/h8-13,16-17H,3-7,14-15H2,1-2H3,(H,25,27)/t17-/m0/s1. The van der Waals surface area contributed by atoms with E-state index in [1.807, 2.05) is 38.1 Å². The fourth-order valence-corrected chi connectivity index (χ4v) is 5.39. The van der Waals surface area contributed by atoms with Crippen LogP contribution in [-0.2, 0) is 10.0 Å². The van der Waals surface area contributed by atoms with Crippen molar-refractivity contribution >= 4 is 27.5 Å². The lowest BCUT2D eigenvalue weighted by Crippen LogP contribution is -2.32. The molecular weight excluding hydrogens is 436 g/mol. The highest BCUT2D eigenvalue weighted by atomic mass is 35.5. The van der Waals surface area contributed by atoms with Crippen LogP contribution in [0.1, 0.15) is 61.5 Å². The molecule has 1 heterocycles. The maximum Gasteiger partial charge on any atom is 0.253 e. The second-order valence-corrected chi connectivity index (χ2v) is 10.0. The van der Waals surface area contributed by atoms with E-state index in [1.54, 1.807) is 0 Å². The topological polar surface area (TPSA) is 75.7 Å². The zero-order valence-corrected chi connectivity index (χ0v) is 19.5. The van der Waals surface area contributed by atoms with Gasteiger partial charge in [-0.1, -0.05) is 36.6 Å². The van der Waals surface area contributed by atoms with E-state index < -0.39 is 15.9 Å². The van der Waals surface area contributed by atoms with Crippen LogP contribution in [0, 0.1) is 0 Å². The maximum atomic E-state index is 13.1. The SMILES string of the molecule is CCOc1ccc([C@H](C)NC(=O)c2cc(S(=O)(=O)N3CCCCCC3)ccc2Cl)cc1. The molecule has 0 bridgehead atoms. The minimum Gasteiger partial charge on any atom is -0.494 e. The number of hydrogen-bond donors (Lipinski definition) is 1. The van der Waals surface area contributed by atoms with E-state index >= 15 is 0 Å². The Morgan fingerprint density at radius 3 is 2.35 bits per heavy atom. The van der Waals surface area contributed by atoms with Crippen molar-refractivity contribution in [2.24, 2.45) is 0 Å². The monoisotopic (exact) mass is 464 g/mol. The largest absolute Gasteiger partial charge is 0.494 e. The molecule has 1 aliphatic rings. The van der Waals surface area contributed by atoms with E-state index in [9.17, 15) is 13.2 Å². The van der Waals surface area contributed by atoms with Gasteiger partial charge in [-0.15, -0.1) is 0 Å². The number of hydrogen-bond acceptors (Lipinski definition) is 4. The lowest BCUT2D eigenvalue weighted by molar-refractivity contribution is 0.0940. The molecule has 2 aromatic rings. The summed E-state index contributed by atoms with van der Waals surface area (Å²) in [6.45, 7) is 5.37. The number of sulfonamides is 1. The summed E-state index contributed by atoms with van der Waals surface area (Å²) in [4.78, 5) is 13.0. The van der Waals surface area contributed by atoms with Crippen LogP contribution in [0.5, 0.6) is 5.75 Å². The number of ether oxygens (including phenoxy) is 1.